The Morgan fingerprint density at radius 1 is 1.47 bits per heavy atom. The van der Waals surface area contributed by atoms with Crippen molar-refractivity contribution in [3.05, 3.63) is 26.8 Å². The molecule has 1 aromatic carbocycles. The Balaban J connectivity index is 3.31. The van der Waals surface area contributed by atoms with Crippen LogP contribution in [-0.2, 0) is 4.74 Å². The molecule has 0 spiro atoms. The molecule has 0 N–H and O–H groups in total. The molecule has 0 fully saturated rings. The van der Waals surface area contributed by atoms with Gasteiger partial charge in [0.2, 0.25) is 0 Å². The van der Waals surface area contributed by atoms with Gasteiger partial charge in [-0.15, -0.1) is 13.2 Å². The fourth-order valence-electron chi connectivity index (χ4n) is 1.22. The summed E-state index contributed by atoms with van der Waals surface area (Å²) in [5.74, 6) is -1.69. The Bertz CT molecular complexity index is 537. The van der Waals surface area contributed by atoms with E-state index in [-0.39, 0.29) is 17.7 Å². The van der Waals surface area contributed by atoms with E-state index in [9.17, 15) is 18.0 Å². The van der Waals surface area contributed by atoms with Crippen molar-refractivity contribution in [1.82, 2.24) is 0 Å². The quantitative estimate of drug-likeness (QED) is 0.592. The lowest BCUT2D eigenvalue weighted by Gasteiger charge is -2.13. The van der Waals surface area contributed by atoms with Crippen LogP contribution in [0.5, 0.6) is 5.75 Å². The summed E-state index contributed by atoms with van der Waals surface area (Å²) in [5, 5.41) is 8.77. The minimum atomic E-state index is -4.96. The molecule has 0 amide bonds. The second-order valence-electron chi connectivity index (χ2n) is 3.21. The Morgan fingerprint density at radius 3 is 2.58 bits per heavy atom. The SMILES string of the molecule is CCOC(=O)c1cc(I)c(C#N)cc1OC(F)(F)F. The van der Waals surface area contributed by atoms with Gasteiger partial charge >= 0.3 is 12.3 Å². The third-order valence-corrected chi connectivity index (χ3v) is 2.80. The zero-order valence-electron chi connectivity index (χ0n) is 9.55. The minimum absolute atomic E-state index is 0.0148. The number of halogens is 4. The molecule has 8 heteroatoms. The lowest BCUT2D eigenvalue weighted by molar-refractivity contribution is -0.274. The molecule has 19 heavy (non-hydrogen) atoms. The van der Waals surface area contributed by atoms with Crippen molar-refractivity contribution in [1.29, 1.82) is 5.26 Å². The van der Waals surface area contributed by atoms with Crippen molar-refractivity contribution >= 4 is 28.6 Å². The topological polar surface area (TPSA) is 59.3 Å². The Hall–Kier alpha value is -1.50. The third-order valence-electron chi connectivity index (χ3n) is 1.91. The number of nitrogens with zero attached hydrogens (tertiary/aromatic N) is 1. The van der Waals surface area contributed by atoms with Crippen LogP contribution in [0, 0.1) is 14.9 Å². The van der Waals surface area contributed by atoms with Gasteiger partial charge < -0.3 is 9.47 Å². The molecule has 0 aliphatic heterocycles. The molecule has 1 rings (SSSR count). The zero-order valence-corrected chi connectivity index (χ0v) is 11.7. The van der Waals surface area contributed by atoms with E-state index >= 15 is 0 Å². The van der Waals surface area contributed by atoms with Crippen molar-refractivity contribution in [2.24, 2.45) is 0 Å². The molecule has 0 aliphatic rings. The van der Waals surface area contributed by atoms with Gasteiger partial charge in [-0.2, -0.15) is 5.26 Å². The van der Waals surface area contributed by atoms with Gasteiger partial charge in [0.25, 0.3) is 0 Å². The van der Waals surface area contributed by atoms with E-state index in [4.69, 9.17) is 5.26 Å². The highest BCUT2D eigenvalue weighted by Gasteiger charge is 2.33. The van der Waals surface area contributed by atoms with Crippen LogP contribution in [0.3, 0.4) is 0 Å². The highest BCUT2D eigenvalue weighted by Crippen LogP contribution is 2.30. The number of nitriles is 1. The summed E-state index contributed by atoms with van der Waals surface area (Å²) in [6.07, 6.45) is -4.96. The second kappa shape index (κ2) is 6.10. The predicted molar refractivity (Wildman–Crippen MR) is 66.5 cm³/mol. The first-order valence-electron chi connectivity index (χ1n) is 4.95. The van der Waals surface area contributed by atoms with E-state index < -0.39 is 18.1 Å². The van der Waals surface area contributed by atoms with Crippen LogP contribution >= 0.6 is 22.6 Å². The average molecular weight is 385 g/mol. The number of hydrogen-bond donors (Lipinski definition) is 0. The summed E-state index contributed by atoms with van der Waals surface area (Å²) in [6, 6.07) is 3.70. The van der Waals surface area contributed by atoms with Crippen LogP contribution in [0.25, 0.3) is 0 Å². The molecule has 0 aromatic heterocycles. The van der Waals surface area contributed by atoms with Crippen LogP contribution in [0.1, 0.15) is 22.8 Å². The largest absolute Gasteiger partial charge is 0.573 e. The highest BCUT2D eigenvalue weighted by molar-refractivity contribution is 14.1. The summed E-state index contributed by atoms with van der Waals surface area (Å²) in [4.78, 5) is 11.5. The smallest absolute Gasteiger partial charge is 0.462 e. The number of carbonyl (C=O) groups excluding carboxylic acids is 1. The van der Waals surface area contributed by atoms with E-state index in [0.717, 1.165) is 12.1 Å². The number of rotatable bonds is 3. The van der Waals surface area contributed by atoms with Crippen LogP contribution in [0.4, 0.5) is 13.2 Å². The van der Waals surface area contributed by atoms with Gasteiger partial charge in [-0.05, 0) is 35.6 Å². The molecule has 0 saturated heterocycles. The lowest BCUT2D eigenvalue weighted by Crippen LogP contribution is -2.20. The molecule has 0 atom stereocenters. The Kier molecular flexibility index (Phi) is 4.99. The number of benzene rings is 1. The maximum absolute atomic E-state index is 12.2. The van der Waals surface area contributed by atoms with Crippen molar-refractivity contribution in [2.75, 3.05) is 6.61 Å². The molecule has 1 aromatic rings. The Labute approximate surface area is 120 Å². The van der Waals surface area contributed by atoms with Crippen molar-refractivity contribution in [3.63, 3.8) is 0 Å². The van der Waals surface area contributed by atoms with Crippen LogP contribution in [0.15, 0.2) is 12.1 Å². The van der Waals surface area contributed by atoms with Crippen LogP contribution in [0.2, 0.25) is 0 Å². The second-order valence-corrected chi connectivity index (χ2v) is 4.37. The number of ether oxygens (including phenoxy) is 2. The van der Waals surface area contributed by atoms with E-state index in [1.807, 2.05) is 0 Å². The fourth-order valence-corrected chi connectivity index (χ4v) is 1.80. The molecule has 0 saturated carbocycles. The van der Waals surface area contributed by atoms with E-state index in [2.05, 4.69) is 9.47 Å². The van der Waals surface area contributed by atoms with Crippen LogP contribution in [-0.4, -0.2) is 18.9 Å². The molecule has 0 radical (unpaired) electrons. The van der Waals surface area contributed by atoms with Gasteiger partial charge in [-0.1, -0.05) is 0 Å². The van der Waals surface area contributed by atoms with E-state index in [1.54, 1.807) is 28.7 Å². The van der Waals surface area contributed by atoms with Gasteiger partial charge in [0.1, 0.15) is 17.4 Å². The molecule has 0 heterocycles. The number of hydrogen-bond acceptors (Lipinski definition) is 4. The first-order chi connectivity index (χ1) is 8.78. The number of esters is 1. The maximum atomic E-state index is 12.2. The number of alkyl halides is 3. The molecule has 102 valence electrons. The molecule has 0 bridgehead atoms. The first-order valence-corrected chi connectivity index (χ1v) is 6.03. The summed E-state index contributed by atoms with van der Waals surface area (Å²) in [6.45, 7) is 1.54. The fraction of sp³-hybridized carbons (Fsp3) is 0.273. The van der Waals surface area contributed by atoms with Crippen molar-refractivity contribution in [2.45, 2.75) is 13.3 Å². The van der Waals surface area contributed by atoms with Gasteiger partial charge in [-0.3, -0.25) is 0 Å². The molecular formula is C11H7F3INO3. The molecular weight excluding hydrogens is 378 g/mol. The monoisotopic (exact) mass is 385 g/mol. The van der Waals surface area contributed by atoms with Gasteiger partial charge in [0.15, 0.2) is 0 Å². The predicted octanol–water partition coefficient (Wildman–Crippen LogP) is 3.24. The van der Waals surface area contributed by atoms with Gasteiger partial charge in [0.05, 0.1) is 12.2 Å². The molecule has 0 unspecified atom stereocenters. The van der Waals surface area contributed by atoms with E-state index in [1.165, 1.54) is 6.92 Å². The summed E-state index contributed by atoms with van der Waals surface area (Å²) >= 11 is 1.73. The van der Waals surface area contributed by atoms with Gasteiger partial charge in [-0.25, -0.2) is 4.79 Å². The van der Waals surface area contributed by atoms with Crippen molar-refractivity contribution in [3.8, 4) is 11.8 Å². The minimum Gasteiger partial charge on any atom is -0.462 e. The highest BCUT2D eigenvalue weighted by atomic mass is 127. The normalized spacial score (nSPS) is 10.7. The Morgan fingerprint density at radius 2 is 2.11 bits per heavy atom. The molecule has 4 nitrogen and oxygen atoms in total. The van der Waals surface area contributed by atoms with E-state index in [0.29, 0.717) is 3.57 Å². The van der Waals surface area contributed by atoms with Crippen molar-refractivity contribution < 1.29 is 27.4 Å². The summed E-state index contributed by atoms with van der Waals surface area (Å²) < 4.78 is 45.5. The molecule has 0 aliphatic carbocycles. The summed E-state index contributed by atoms with van der Waals surface area (Å²) in [5.41, 5.74) is -0.393. The third kappa shape index (κ3) is 4.27. The van der Waals surface area contributed by atoms with Crippen LogP contribution < -0.4 is 4.74 Å². The first kappa shape index (κ1) is 15.6. The standard InChI is InChI=1S/C11H7F3INO3/c1-2-18-10(17)7-4-8(15)6(5-16)3-9(7)19-11(12,13)14/h3-4H,2H2,1H3. The zero-order chi connectivity index (χ0) is 14.6. The lowest BCUT2D eigenvalue weighted by atomic mass is 10.1. The average Bonchev–Trinajstić information content (AvgIpc) is 2.29. The summed E-state index contributed by atoms with van der Waals surface area (Å²) in [7, 11) is 0. The maximum Gasteiger partial charge on any atom is 0.573 e. The number of carbonyl (C=O) groups is 1. The van der Waals surface area contributed by atoms with Gasteiger partial charge in [0, 0.05) is 9.64 Å².